The Bertz CT molecular complexity index is 296. The largest absolute Gasteiger partial charge is 0.463 e. The van der Waals surface area contributed by atoms with Crippen molar-refractivity contribution in [3.63, 3.8) is 0 Å². The first-order chi connectivity index (χ1) is 11.8. The smallest absolute Gasteiger partial charge is 0.249 e. The van der Waals surface area contributed by atoms with Gasteiger partial charge in [-0.25, -0.2) is 0 Å². The molecule has 24 heavy (non-hydrogen) atoms. The molecule has 0 aromatic carbocycles. The monoisotopic (exact) mass is 357 g/mol. The van der Waals surface area contributed by atoms with Gasteiger partial charge < -0.3 is 9.64 Å². The topological polar surface area (TPSA) is 12.5 Å². The molecule has 1 heterocycles. The minimum absolute atomic E-state index is 0.277. The third-order valence-electron chi connectivity index (χ3n) is 4.97. The van der Waals surface area contributed by atoms with Gasteiger partial charge in [0.15, 0.2) is 0 Å². The number of nitrogens with zero attached hydrogens (tertiary/aromatic N) is 1. The van der Waals surface area contributed by atoms with Crippen LogP contribution in [0.3, 0.4) is 0 Å². The lowest BCUT2D eigenvalue weighted by Crippen LogP contribution is -2.23. The van der Waals surface area contributed by atoms with Crippen LogP contribution in [0.25, 0.3) is 0 Å². The molecule has 0 radical (unpaired) electrons. The zero-order valence-corrected chi connectivity index (χ0v) is 16.7. The van der Waals surface area contributed by atoms with Gasteiger partial charge in [-0.3, -0.25) is 0 Å². The summed E-state index contributed by atoms with van der Waals surface area (Å²) in [6, 6.07) is 0. The highest BCUT2D eigenvalue weighted by Crippen LogP contribution is 2.17. The van der Waals surface area contributed by atoms with Crippen LogP contribution < -0.4 is 0 Å². The standard InChI is InChI=1S/C21H40ClNO/c1-2-3-4-5-6-7-8-9-10-11-12-13-14-15-16-17-18-23-19-20-24-21(23)22/h19-21H,2-18H2,1H3. The highest BCUT2D eigenvalue weighted by Gasteiger charge is 2.15. The van der Waals surface area contributed by atoms with E-state index >= 15 is 0 Å². The number of halogens is 1. The van der Waals surface area contributed by atoms with Gasteiger partial charge in [-0.2, -0.15) is 0 Å². The number of ether oxygens (including phenoxy) is 1. The van der Waals surface area contributed by atoms with Gasteiger partial charge in [-0.15, -0.1) is 0 Å². The predicted molar refractivity (Wildman–Crippen MR) is 106 cm³/mol. The minimum atomic E-state index is -0.277. The van der Waals surface area contributed by atoms with Crippen molar-refractivity contribution >= 4 is 11.6 Å². The molecule has 1 atom stereocenters. The second-order valence-electron chi connectivity index (χ2n) is 7.25. The van der Waals surface area contributed by atoms with E-state index in [1.165, 1.54) is 103 Å². The second kappa shape index (κ2) is 16.1. The zero-order chi connectivity index (χ0) is 17.3. The SMILES string of the molecule is CCCCCCCCCCCCCCCCCCN1C=COC1Cl. The Morgan fingerprint density at radius 2 is 1.12 bits per heavy atom. The van der Waals surface area contributed by atoms with Gasteiger partial charge in [0.25, 0.3) is 0 Å². The molecule has 142 valence electrons. The molecule has 0 saturated carbocycles. The van der Waals surface area contributed by atoms with E-state index in [9.17, 15) is 0 Å². The third kappa shape index (κ3) is 12.1. The van der Waals surface area contributed by atoms with Crippen molar-refractivity contribution in [2.24, 2.45) is 0 Å². The van der Waals surface area contributed by atoms with Gasteiger partial charge >= 0.3 is 0 Å². The summed E-state index contributed by atoms with van der Waals surface area (Å²) in [7, 11) is 0. The Morgan fingerprint density at radius 3 is 1.50 bits per heavy atom. The van der Waals surface area contributed by atoms with E-state index in [-0.39, 0.29) is 5.69 Å². The first kappa shape index (κ1) is 21.7. The number of alkyl halides is 1. The summed E-state index contributed by atoms with van der Waals surface area (Å²) in [5.41, 5.74) is -0.277. The molecule has 0 aromatic heterocycles. The maximum absolute atomic E-state index is 5.99. The first-order valence-electron chi connectivity index (χ1n) is 10.6. The molecule has 1 rings (SSSR count). The van der Waals surface area contributed by atoms with Crippen LogP contribution in [0.5, 0.6) is 0 Å². The molecular formula is C21H40ClNO. The summed E-state index contributed by atoms with van der Waals surface area (Å²) in [6.45, 7) is 3.31. The number of unbranched alkanes of at least 4 members (excludes halogenated alkanes) is 15. The number of hydrogen-bond acceptors (Lipinski definition) is 2. The molecule has 0 aromatic rings. The molecule has 0 fully saturated rings. The van der Waals surface area contributed by atoms with E-state index in [2.05, 4.69) is 11.8 Å². The van der Waals surface area contributed by atoms with Crippen LogP contribution >= 0.6 is 11.6 Å². The minimum Gasteiger partial charge on any atom is -0.463 e. The van der Waals surface area contributed by atoms with Gasteiger partial charge in [0.1, 0.15) is 6.26 Å². The van der Waals surface area contributed by atoms with Crippen molar-refractivity contribution in [1.82, 2.24) is 4.90 Å². The molecule has 1 unspecified atom stereocenters. The van der Waals surface area contributed by atoms with Crippen molar-refractivity contribution in [3.05, 3.63) is 12.5 Å². The first-order valence-corrected chi connectivity index (χ1v) is 11.0. The summed E-state index contributed by atoms with van der Waals surface area (Å²) in [5, 5.41) is 0. The summed E-state index contributed by atoms with van der Waals surface area (Å²) in [5.74, 6) is 0. The quantitative estimate of drug-likeness (QED) is 0.151. The molecule has 0 bridgehead atoms. The molecule has 0 N–H and O–H groups in total. The van der Waals surface area contributed by atoms with E-state index in [1.807, 2.05) is 6.20 Å². The zero-order valence-electron chi connectivity index (χ0n) is 16.0. The summed E-state index contributed by atoms with van der Waals surface area (Å²) < 4.78 is 5.16. The molecule has 0 amide bonds. The Kier molecular flexibility index (Phi) is 14.6. The van der Waals surface area contributed by atoms with Crippen LogP contribution in [-0.4, -0.2) is 17.1 Å². The van der Waals surface area contributed by atoms with Crippen LogP contribution in [0.2, 0.25) is 0 Å². The highest BCUT2D eigenvalue weighted by molar-refractivity contribution is 6.19. The van der Waals surface area contributed by atoms with E-state index < -0.39 is 0 Å². The van der Waals surface area contributed by atoms with Crippen LogP contribution in [-0.2, 0) is 4.74 Å². The molecule has 0 spiro atoms. The van der Waals surface area contributed by atoms with Crippen LogP contribution in [0.4, 0.5) is 0 Å². The summed E-state index contributed by atoms with van der Waals surface area (Å²) >= 11 is 5.99. The number of hydrogen-bond donors (Lipinski definition) is 0. The Morgan fingerprint density at radius 1 is 0.708 bits per heavy atom. The van der Waals surface area contributed by atoms with Crippen LogP contribution in [0.1, 0.15) is 110 Å². The van der Waals surface area contributed by atoms with Crippen molar-refractivity contribution in [1.29, 1.82) is 0 Å². The average molecular weight is 358 g/mol. The van der Waals surface area contributed by atoms with Crippen molar-refractivity contribution in [2.45, 2.75) is 115 Å². The average Bonchev–Trinajstić information content (AvgIpc) is 2.99. The summed E-state index contributed by atoms with van der Waals surface area (Å²) in [6.07, 6.45) is 26.2. The fourth-order valence-electron chi connectivity index (χ4n) is 3.34. The number of rotatable bonds is 17. The van der Waals surface area contributed by atoms with Gasteiger partial charge in [-0.1, -0.05) is 115 Å². The van der Waals surface area contributed by atoms with Crippen LogP contribution in [0, 0.1) is 0 Å². The van der Waals surface area contributed by atoms with Gasteiger partial charge in [-0.05, 0) is 6.42 Å². The molecule has 1 aliphatic rings. The van der Waals surface area contributed by atoms with E-state index in [4.69, 9.17) is 16.3 Å². The maximum Gasteiger partial charge on any atom is 0.249 e. The van der Waals surface area contributed by atoms with Crippen molar-refractivity contribution in [3.8, 4) is 0 Å². The van der Waals surface area contributed by atoms with Gasteiger partial charge in [0, 0.05) is 12.7 Å². The van der Waals surface area contributed by atoms with Crippen molar-refractivity contribution < 1.29 is 4.74 Å². The van der Waals surface area contributed by atoms with E-state index in [0.717, 1.165) is 6.54 Å². The fourth-order valence-corrected chi connectivity index (χ4v) is 3.56. The molecule has 0 saturated heterocycles. The molecule has 0 aliphatic carbocycles. The van der Waals surface area contributed by atoms with Gasteiger partial charge in [0.05, 0.1) is 0 Å². The lowest BCUT2D eigenvalue weighted by Gasteiger charge is -2.18. The van der Waals surface area contributed by atoms with Crippen molar-refractivity contribution in [2.75, 3.05) is 6.54 Å². The maximum atomic E-state index is 5.99. The van der Waals surface area contributed by atoms with E-state index in [0.29, 0.717) is 0 Å². The Labute approximate surface area is 156 Å². The molecule has 3 heteroatoms. The molecule has 2 nitrogen and oxygen atoms in total. The fraction of sp³-hybridized carbons (Fsp3) is 0.905. The highest BCUT2D eigenvalue weighted by atomic mass is 35.5. The van der Waals surface area contributed by atoms with E-state index in [1.54, 1.807) is 6.26 Å². The Balaban J connectivity index is 1.68. The summed E-state index contributed by atoms with van der Waals surface area (Å²) in [4.78, 5) is 2.06. The normalized spacial score (nSPS) is 16.8. The Hall–Kier alpha value is -0.370. The predicted octanol–water partition coefficient (Wildman–Crippen LogP) is 7.57. The molecular weight excluding hydrogens is 318 g/mol. The second-order valence-corrected chi connectivity index (χ2v) is 7.63. The lowest BCUT2D eigenvalue weighted by atomic mass is 10.0. The third-order valence-corrected chi connectivity index (χ3v) is 5.33. The molecule has 1 aliphatic heterocycles. The lowest BCUT2D eigenvalue weighted by molar-refractivity contribution is 0.129. The van der Waals surface area contributed by atoms with Crippen LogP contribution in [0.15, 0.2) is 12.5 Å². The van der Waals surface area contributed by atoms with Gasteiger partial charge in [0.2, 0.25) is 5.69 Å².